The van der Waals surface area contributed by atoms with E-state index in [-0.39, 0.29) is 15.7 Å². The fourth-order valence-corrected chi connectivity index (χ4v) is 2.22. The third kappa shape index (κ3) is 4.21. The van der Waals surface area contributed by atoms with E-state index in [9.17, 15) is 9.18 Å². The molecular weight excluding hydrogens is 314 g/mol. The van der Waals surface area contributed by atoms with Crippen LogP contribution >= 0.6 is 23.2 Å². The number of amides is 1. The standard InChI is InChI=1S/C15H11Cl2FN2O/c16-12-7-10(18)8-13(17)15(12)20-14(21)5-4-9-2-1-3-11(19)6-9/h1-8H,19H2,(H,20,21)/b5-4+. The fourth-order valence-electron chi connectivity index (χ4n) is 1.66. The Balaban J connectivity index is 2.12. The van der Waals surface area contributed by atoms with Gasteiger partial charge in [0.15, 0.2) is 0 Å². The normalized spacial score (nSPS) is 10.8. The first-order valence-electron chi connectivity index (χ1n) is 5.95. The van der Waals surface area contributed by atoms with Gasteiger partial charge in [0.2, 0.25) is 5.91 Å². The van der Waals surface area contributed by atoms with Crippen molar-refractivity contribution in [2.24, 2.45) is 0 Å². The van der Waals surface area contributed by atoms with Gasteiger partial charge in [-0.3, -0.25) is 4.79 Å². The highest BCUT2D eigenvalue weighted by atomic mass is 35.5. The van der Waals surface area contributed by atoms with Crippen LogP contribution < -0.4 is 11.1 Å². The Kier molecular flexibility index (Phi) is 4.83. The van der Waals surface area contributed by atoms with Gasteiger partial charge in [-0.05, 0) is 35.9 Å². The van der Waals surface area contributed by atoms with Crippen molar-refractivity contribution in [3.63, 3.8) is 0 Å². The molecule has 21 heavy (non-hydrogen) atoms. The second-order valence-corrected chi connectivity index (χ2v) is 5.05. The minimum Gasteiger partial charge on any atom is -0.399 e. The molecule has 0 aliphatic rings. The van der Waals surface area contributed by atoms with Crippen molar-refractivity contribution >= 4 is 46.6 Å². The van der Waals surface area contributed by atoms with Crippen molar-refractivity contribution in [1.29, 1.82) is 0 Å². The van der Waals surface area contributed by atoms with Crippen LogP contribution in [0.1, 0.15) is 5.56 Å². The molecule has 2 aromatic rings. The van der Waals surface area contributed by atoms with E-state index in [0.717, 1.165) is 17.7 Å². The Bertz CT molecular complexity index is 694. The van der Waals surface area contributed by atoms with Crippen LogP contribution in [0.2, 0.25) is 10.0 Å². The summed E-state index contributed by atoms with van der Waals surface area (Å²) in [5, 5.41) is 2.57. The second kappa shape index (κ2) is 6.61. The highest BCUT2D eigenvalue weighted by molar-refractivity contribution is 6.39. The zero-order valence-corrected chi connectivity index (χ0v) is 12.3. The lowest BCUT2D eigenvalue weighted by Crippen LogP contribution is -2.09. The summed E-state index contributed by atoms with van der Waals surface area (Å²) in [5.41, 5.74) is 7.18. The summed E-state index contributed by atoms with van der Waals surface area (Å²) < 4.78 is 13.0. The van der Waals surface area contributed by atoms with Crippen LogP contribution in [0.3, 0.4) is 0 Å². The first-order chi connectivity index (χ1) is 9.95. The molecule has 3 nitrogen and oxygen atoms in total. The average Bonchev–Trinajstić information content (AvgIpc) is 2.40. The summed E-state index contributed by atoms with van der Waals surface area (Å²) >= 11 is 11.7. The lowest BCUT2D eigenvalue weighted by molar-refractivity contribution is -0.111. The molecule has 0 aliphatic heterocycles. The summed E-state index contributed by atoms with van der Waals surface area (Å²) in [6.45, 7) is 0. The van der Waals surface area contributed by atoms with E-state index >= 15 is 0 Å². The molecular formula is C15H11Cl2FN2O. The molecule has 0 saturated heterocycles. The number of benzene rings is 2. The smallest absolute Gasteiger partial charge is 0.248 e. The van der Waals surface area contributed by atoms with Gasteiger partial charge in [0.05, 0.1) is 15.7 Å². The van der Waals surface area contributed by atoms with Gasteiger partial charge in [0, 0.05) is 11.8 Å². The molecule has 0 saturated carbocycles. The van der Waals surface area contributed by atoms with Gasteiger partial charge in [-0.2, -0.15) is 0 Å². The molecule has 0 unspecified atom stereocenters. The number of hydrogen-bond donors (Lipinski definition) is 2. The summed E-state index contributed by atoms with van der Waals surface area (Å²) in [4.78, 5) is 11.8. The lowest BCUT2D eigenvalue weighted by atomic mass is 10.2. The number of nitrogens with one attached hydrogen (secondary N) is 1. The van der Waals surface area contributed by atoms with Crippen LogP contribution in [0.25, 0.3) is 6.08 Å². The van der Waals surface area contributed by atoms with Crippen LogP contribution in [0.15, 0.2) is 42.5 Å². The van der Waals surface area contributed by atoms with E-state index in [1.165, 1.54) is 6.08 Å². The van der Waals surface area contributed by atoms with Crippen molar-refractivity contribution in [3.05, 3.63) is 63.9 Å². The largest absolute Gasteiger partial charge is 0.399 e. The minimum atomic E-state index is -0.571. The molecule has 0 aliphatic carbocycles. The molecule has 3 N–H and O–H groups in total. The Morgan fingerprint density at radius 3 is 2.48 bits per heavy atom. The second-order valence-electron chi connectivity index (χ2n) is 4.24. The molecule has 0 spiro atoms. The lowest BCUT2D eigenvalue weighted by Gasteiger charge is -2.07. The molecule has 0 heterocycles. The number of carbonyl (C=O) groups excluding carboxylic acids is 1. The van der Waals surface area contributed by atoms with Gasteiger partial charge in [0.25, 0.3) is 0 Å². The summed E-state index contributed by atoms with van der Waals surface area (Å²) in [6.07, 6.45) is 2.90. The Morgan fingerprint density at radius 1 is 1.19 bits per heavy atom. The average molecular weight is 325 g/mol. The third-order valence-electron chi connectivity index (χ3n) is 2.59. The predicted molar refractivity (Wildman–Crippen MR) is 84.9 cm³/mol. The van der Waals surface area contributed by atoms with Crippen molar-refractivity contribution in [3.8, 4) is 0 Å². The molecule has 0 fully saturated rings. The van der Waals surface area contributed by atoms with Crippen LogP contribution in [0.4, 0.5) is 15.8 Å². The Hall–Kier alpha value is -2.04. The topological polar surface area (TPSA) is 55.1 Å². The zero-order chi connectivity index (χ0) is 15.4. The van der Waals surface area contributed by atoms with Gasteiger partial charge >= 0.3 is 0 Å². The zero-order valence-electron chi connectivity index (χ0n) is 10.7. The summed E-state index contributed by atoms with van der Waals surface area (Å²) in [6, 6.07) is 9.20. The third-order valence-corrected chi connectivity index (χ3v) is 3.19. The fraction of sp³-hybridized carbons (Fsp3) is 0. The quantitative estimate of drug-likeness (QED) is 0.650. The SMILES string of the molecule is Nc1cccc(/C=C/C(=O)Nc2c(Cl)cc(F)cc2Cl)c1. The van der Waals surface area contributed by atoms with Gasteiger partial charge in [0.1, 0.15) is 5.82 Å². The van der Waals surface area contributed by atoms with Crippen LogP contribution in [-0.4, -0.2) is 5.91 Å². The molecule has 6 heteroatoms. The van der Waals surface area contributed by atoms with Crippen molar-refractivity contribution in [2.45, 2.75) is 0 Å². The number of anilines is 2. The predicted octanol–water partition coefficient (Wildman–Crippen LogP) is 4.37. The van der Waals surface area contributed by atoms with Crippen LogP contribution in [0, 0.1) is 5.82 Å². The molecule has 0 atom stereocenters. The monoisotopic (exact) mass is 324 g/mol. The number of halogens is 3. The minimum absolute atomic E-state index is 0.0331. The van der Waals surface area contributed by atoms with Crippen LogP contribution in [0.5, 0.6) is 0 Å². The van der Waals surface area contributed by atoms with E-state index < -0.39 is 11.7 Å². The van der Waals surface area contributed by atoms with Gasteiger partial charge < -0.3 is 11.1 Å². The Labute approximate surface area is 131 Å². The van der Waals surface area contributed by atoms with E-state index in [0.29, 0.717) is 5.69 Å². The van der Waals surface area contributed by atoms with Crippen molar-refractivity contribution in [2.75, 3.05) is 11.1 Å². The van der Waals surface area contributed by atoms with Gasteiger partial charge in [-0.25, -0.2) is 4.39 Å². The Morgan fingerprint density at radius 2 is 1.86 bits per heavy atom. The number of nitrogen functional groups attached to an aromatic ring is 1. The van der Waals surface area contributed by atoms with Crippen molar-refractivity contribution in [1.82, 2.24) is 0 Å². The molecule has 1 amide bonds. The number of rotatable bonds is 3. The number of carbonyl (C=O) groups is 1. The van der Waals surface area contributed by atoms with E-state index in [1.807, 2.05) is 0 Å². The van der Waals surface area contributed by atoms with Crippen molar-refractivity contribution < 1.29 is 9.18 Å². The highest BCUT2D eigenvalue weighted by Gasteiger charge is 2.10. The molecule has 108 valence electrons. The van der Waals surface area contributed by atoms with E-state index in [4.69, 9.17) is 28.9 Å². The maximum absolute atomic E-state index is 13.0. The van der Waals surface area contributed by atoms with Crippen LogP contribution in [-0.2, 0) is 4.79 Å². The summed E-state index contributed by atoms with van der Waals surface area (Å²) in [7, 11) is 0. The maximum atomic E-state index is 13.0. The molecule has 0 bridgehead atoms. The molecule has 0 radical (unpaired) electrons. The van der Waals surface area contributed by atoms with Gasteiger partial charge in [-0.1, -0.05) is 35.3 Å². The van der Waals surface area contributed by atoms with Gasteiger partial charge in [-0.15, -0.1) is 0 Å². The molecule has 2 aromatic carbocycles. The first-order valence-corrected chi connectivity index (χ1v) is 6.70. The molecule has 0 aromatic heterocycles. The highest BCUT2D eigenvalue weighted by Crippen LogP contribution is 2.31. The number of hydrogen-bond acceptors (Lipinski definition) is 2. The van der Waals surface area contributed by atoms with E-state index in [1.54, 1.807) is 30.3 Å². The first kappa shape index (κ1) is 15.4. The van der Waals surface area contributed by atoms with E-state index in [2.05, 4.69) is 5.32 Å². The molecule has 2 rings (SSSR count). The number of nitrogens with two attached hydrogens (primary N) is 1. The maximum Gasteiger partial charge on any atom is 0.248 e. The summed E-state index contributed by atoms with van der Waals surface area (Å²) in [5.74, 6) is -1.01.